The zero-order valence-corrected chi connectivity index (χ0v) is 13.2. The Morgan fingerprint density at radius 3 is 2.35 bits per heavy atom. The molecule has 2 amide bonds. The average molecular weight is 311 g/mol. The molecule has 3 rings (SSSR count). The number of anilines is 3. The van der Waals surface area contributed by atoms with Gasteiger partial charge in [0.15, 0.2) is 0 Å². The average Bonchev–Trinajstić information content (AvgIpc) is 2.57. The van der Waals surface area contributed by atoms with Crippen LogP contribution in [0.5, 0.6) is 0 Å². The highest BCUT2D eigenvalue weighted by Crippen LogP contribution is 2.22. The van der Waals surface area contributed by atoms with Crippen molar-refractivity contribution < 1.29 is 9.53 Å². The van der Waals surface area contributed by atoms with Crippen molar-refractivity contribution >= 4 is 23.1 Å². The van der Waals surface area contributed by atoms with E-state index in [9.17, 15) is 4.79 Å². The topological polar surface area (TPSA) is 53.6 Å². The summed E-state index contributed by atoms with van der Waals surface area (Å²) >= 11 is 0. The molecule has 1 unspecified atom stereocenters. The van der Waals surface area contributed by atoms with Crippen molar-refractivity contribution in [1.82, 2.24) is 0 Å². The van der Waals surface area contributed by atoms with Crippen molar-refractivity contribution in [3.63, 3.8) is 0 Å². The minimum Gasteiger partial charge on any atom is -0.377 e. The summed E-state index contributed by atoms with van der Waals surface area (Å²) in [4.78, 5) is 14.3. The van der Waals surface area contributed by atoms with Crippen molar-refractivity contribution in [2.24, 2.45) is 0 Å². The van der Waals surface area contributed by atoms with Gasteiger partial charge in [0.1, 0.15) is 0 Å². The first kappa shape index (κ1) is 15.4. The van der Waals surface area contributed by atoms with Crippen LogP contribution in [-0.4, -0.2) is 31.8 Å². The van der Waals surface area contributed by atoms with Gasteiger partial charge in [-0.05, 0) is 43.3 Å². The molecular formula is C18H21N3O2. The third-order valence-electron chi connectivity index (χ3n) is 3.86. The number of hydrogen-bond acceptors (Lipinski definition) is 3. The molecule has 23 heavy (non-hydrogen) atoms. The van der Waals surface area contributed by atoms with E-state index in [1.807, 2.05) is 54.6 Å². The molecule has 1 atom stereocenters. The fourth-order valence-corrected chi connectivity index (χ4v) is 2.66. The molecule has 1 fully saturated rings. The molecule has 0 spiro atoms. The molecule has 0 saturated carbocycles. The normalized spacial score (nSPS) is 17.6. The molecule has 5 heteroatoms. The van der Waals surface area contributed by atoms with Crippen LogP contribution in [0, 0.1) is 0 Å². The van der Waals surface area contributed by atoms with Crippen LogP contribution in [0.3, 0.4) is 0 Å². The molecule has 2 aromatic rings. The Morgan fingerprint density at radius 1 is 1.04 bits per heavy atom. The molecule has 5 nitrogen and oxygen atoms in total. The third kappa shape index (κ3) is 4.02. The van der Waals surface area contributed by atoms with Gasteiger partial charge in [-0.15, -0.1) is 0 Å². The van der Waals surface area contributed by atoms with E-state index in [0.29, 0.717) is 6.04 Å². The van der Waals surface area contributed by atoms with Gasteiger partial charge in [-0.3, -0.25) is 0 Å². The first-order valence-corrected chi connectivity index (χ1v) is 7.80. The summed E-state index contributed by atoms with van der Waals surface area (Å²) in [6.45, 7) is 4.55. The summed E-state index contributed by atoms with van der Waals surface area (Å²) < 4.78 is 5.46. The molecule has 1 saturated heterocycles. The summed E-state index contributed by atoms with van der Waals surface area (Å²) in [6, 6.07) is 17.4. The number of urea groups is 1. The summed E-state index contributed by atoms with van der Waals surface area (Å²) in [5.41, 5.74) is 2.68. The molecular weight excluding hydrogens is 290 g/mol. The van der Waals surface area contributed by atoms with Crippen LogP contribution in [0.25, 0.3) is 0 Å². The number of benzene rings is 2. The van der Waals surface area contributed by atoms with Crippen molar-refractivity contribution in [1.29, 1.82) is 0 Å². The third-order valence-corrected chi connectivity index (χ3v) is 3.86. The van der Waals surface area contributed by atoms with Gasteiger partial charge in [-0.25, -0.2) is 4.79 Å². The summed E-state index contributed by atoms with van der Waals surface area (Å²) in [5.74, 6) is 0. The van der Waals surface area contributed by atoms with E-state index < -0.39 is 0 Å². The molecule has 0 aliphatic carbocycles. The Bertz CT molecular complexity index is 643. The Balaban J connectivity index is 1.60. The van der Waals surface area contributed by atoms with E-state index in [-0.39, 0.29) is 6.03 Å². The van der Waals surface area contributed by atoms with E-state index in [1.165, 1.54) is 0 Å². The quantitative estimate of drug-likeness (QED) is 0.911. The van der Waals surface area contributed by atoms with E-state index in [0.717, 1.165) is 36.8 Å². The lowest BCUT2D eigenvalue weighted by Gasteiger charge is -2.35. The Kier molecular flexibility index (Phi) is 4.78. The fourth-order valence-electron chi connectivity index (χ4n) is 2.66. The van der Waals surface area contributed by atoms with Crippen LogP contribution in [0.15, 0.2) is 54.6 Å². The lowest BCUT2D eigenvalue weighted by atomic mass is 10.2. The van der Waals surface area contributed by atoms with Crippen LogP contribution in [0.4, 0.5) is 21.9 Å². The van der Waals surface area contributed by atoms with Crippen LogP contribution in [0.1, 0.15) is 6.92 Å². The number of para-hydroxylation sites is 1. The van der Waals surface area contributed by atoms with E-state index in [2.05, 4.69) is 22.5 Å². The summed E-state index contributed by atoms with van der Waals surface area (Å²) in [5, 5.41) is 5.64. The van der Waals surface area contributed by atoms with Gasteiger partial charge >= 0.3 is 6.03 Å². The second-order valence-electron chi connectivity index (χ2n) is 5.61. The van der Waals surface area contributed by atoms with Gasteiger partial charge in [-0.1, -0.05) is 18.2 Å². The van der Waals surface area contributed by atoms with Gasteiger partial charge in [0, 0.05) is 29.6 Å². The fraction of sp³-hybridized carbons (Fsp3) is 0.278. The Morgan fingerprint density at radius 2 is 1.70 bits per heavy atom. The summed E-state index contributed by atoms with van der Waals surface area (Å²) in [6.07, 6.45) is 0. The SMILES string of the molecule is CC1COCCN1c1ccc(NC(=O)Nc2ccccc2)cc1. The maximum atomic E-state index is 12.0. The number of ether oxygens (including phenoxy) is 1. The highest BCUT2D eigenvalue weighted by molar-refractivity contribution is 5.99. The van der Waals surface area contributed by atoms with Crippen molar-refractivity contribution in [2.45, 2.75) is 13.0 Å². The number of rotatable bonds is 3. The van der Waals surface area contributed by atoms with Gasteiger partial charge in [0.25, 0.3) is 0 Å². The molecule has 0 bridgehead atoms. The van der Waals surface area contributed by atoms with Gasteiger partial charge in [0.05, 0.1) is 13.2 Å². The lowest BCUT2D eigenvalue weighted by Crippen LogP contribution is -2.43. The molecule has 1 aliphatic rings. The van der Waals surface area contributed by atoms with Crippen LogP contribution in [-0.2, 0) is 4.74 Å². The number of amides is 2. The Labute approximate surface area is 136 Å². The molecule has 0 aromatic heterocycles. The van der Waals surface area contributed by atoms with E-state index in [4.69, 9.17) is 4.74 Å². The lowest BCUT2D eigenvalue weighted by molar-refractivity contribution is 0.0989. The first-order chi connectivity index (χ1) is 11.2. The summed E-state index contributed by atoms with van der Waals surface area (Å²) in [7, 11) is 0. The minimum absolute atomic E-state index is 0.247. The largest absolute Gasteiger partial charge is 0.377 e. The van der Waals surface area contributed by atoms with Crippen LogP contribution in [0.2, 0.25) is 0 Å². The molecule has 2 aromatic carbocycles. The molecule has 0 radical (unpaired) electrons. The van der Waals surface area contributed by atoms with Gasteiger partial charge < -0.3 is 20.3 Å². The van der Waals surface area contributed by atoms with E-state index >= 15 is 0 Å². The van der Waals surface area contributed by atoms with Gasteiger partial charge in [0.2, 0.25) is 0 Å². The monoisotopic (exact) mass is 311 g/mol. The maximum absolute atomic E-state index is 12.0. The van der Waals surface area contributed by atoms with E-state index in [1.54, 1.807) is 0 Å². The molecule has 2 N–H and O–H groups in total. The number of morpholine rings is 1. The molecule has 120 valence electrons. The van der Waals surface area contributed by atoms with Crippen LogP contribution < -0.4 is 15.5 Å². The van der Waals surface area contributed by atoms with Gasteiger partial charge in [-0.2, -0.15) is 0 Å². The van der Waals surface area contributed by atoms with Crippen molar-refractivity contribution in [3.8, 4) is 0 Å². The predicted octanol–water partition coefficient (Wildman–Crippen LogP) is 3.56. The number of nitrogens with zero attached hydrogens (tertiary/aromatic N) is 1. The number of carbonyl (C=O) groups excluding carboxylic acids is 1. The number of nitrogens with one attached hydrogen (secondary N) is 2. The van der Waals surface area contributed by atoms with Crippen molar-refractivity contribution in [2.75, 3.05) is 35.3 Å². The second-order valence-corrected chi connectivity index (χ2v) is 5.61. The number of carbonyl (C=O) groups is 1. The smallest absolute Gasteiger partial charge is 0.323 e. The standard InChI is InChI=1S/C18H21N3O2/c1-14-13-23-12-11-21(14)17-9-7-16(8-10-17)20-18(22)19-15-5-3-2-4-6-15/h2-10,14H,11-13H2,1H3,(H2,19,20,22). The predicted molar refractivity (Wildman–Crippen MR) is 93.2 cm³/mol. The Hall–Kier alpha value is -2.53. The highest BCUT2D eigenvalue weighted by Gasteiger charge is 2.18. The number of hydrogen-bond donors (Lipinski definition) is 2. The zero-order chi connectivity index (χ0) is 16.1. The second kappa shape index (κ2) is 7.15. The molecule has 1 heterocycles. The molecule has 1 aliphatic heterocycles. The van der Waals surface area contributed by atoms with Crippen LogP contribution >= 0.6 is 0 Å². The first-order valence-electron chi connectivity index (χ1n) is 7.80. The minimum atomic E-state index is -0.247. The van der Waals surface area contributed by atoms with Crippen molar-refractivity contribution in [3.05, 3.63) is 54.6 Å². The maximum Gasteiger partial charge on any atom is 0.323 e. The zero-order valence-electron chi connectivity index (χ0n) is 13.2. The highest BCUT2D eigenvalue weighted by atomic mass is 16.5.